The minimum absolute atomic E-state index is 0.0309. The fourth-order valence-corrected chi connectivity index (χ4v) is 2.22. The zero-order valence-electron chi connectivity index (χ0n) is 11.7. The molecule has 1 aromatic carbocycles. The van der Waals surface area contributed by atoms with Gasteiger partial charge in [0.2, 0.25) is 0 Å². The van der Waals surface area contributed by atoms with E-state index >= 15 is 0 Å². The minimum Gasteiger partial charge on any atom is -0.331 e. The van der Waals surface area contributed by atoms with Gasteiger partial charge in [-0.15, -0.1) is 0 Å². The predicted octanol–water partition coefficient (Wildman–Crippen LogP) is 3.10. The molecule has 0 fully saturated rings. The lowest BCUT2D eigenvalue weighted by molar-refractivity contribution is -0.0294. The Hall–Kier alpha value is -1.49. The summed E-state index contributed by atoms with van der Waals surface area (Å²) >= 11 is 0. The van der Waals surface area contributed by atoms with Gasteiger partial charge in [-0.1, -0.05) is 6.07 Å². The summed E-state index contributed by atoms with van der Waals surface area (Å²) in [5, 5.41) is 0. The highest BCUT2D eigenvalue weighted by molar-refractivity contribution is 5.77. The molecule has 2 N–H and O–H groups in total. The van der Waals surface area contributed by atoms with Gasteiger partial charge < -0.3 is 10.3 Å². The average Bonchev–Trinajstić information content (AvgIpc) is 2.51. The van der Waals surface area contributed by atoms with E-state index in [0.717, 1.165) is 11.3 Å². The van der Waals surface area contributed by atoms with Crippen molar-refractivity contribution in [2.24, 2.45) is 12.8 Å². The van der Waals surface area contributed by atoms with Crippen LogP contribution in [-0.2, 0) is 13.0 Å². The van der Waals surface area contributed by atoms with Crippen LogP contribution in [0.15, 0.2) is 18.2 Å². The molecular weight excluding hydrogens is 248 g/mol. The zero-order chi connectivity index (χ0) is 14.4. The van der Waals surface area contributed by atoms with Crippen molar-refractivity contribution in [1.29, 1.82) is 0 Å². The first-order valence-electron chi connectivity index (χ1n) is 6.20. The second-order valence-corrected chi connectivity index (χ2v) is 5.79. The van der Waals surface area contributed by atoms with E-state index < -0.39 is 17.9 Å². The summed E-state index contributed by atoms with van der Waals surface area (Å²) in [4.78, 5) is 4.28. The summed E-state index contributed by atoms with van der Waals surface area (Å²) in [6.45, 7) is 5.05. The van der Waals surface area contributed by atoms with Gasteiger partial charge in [0.05, 0.1) is 11.0 Å². The summed E-state index contributed by atoms with van der Waals surface area (Å²) < 4.78 is 30.2. The average molecular weight is 267 g/mol. The molecule has 0 atom stereocenters. The van der Waals surface area contributed by atoms with Crippen LogP contribution in [0.3, 0.4) is 0 Å². The van der Waals surface area contributed by atoms with E-state index in [4.69, 9.17) is 5.73 Å². The van der Waals surface area contributed by atoms with E-state index in [1.165, 1.54) is 12.1 Å². The number of rotatable bonds is 3. The molecule has 1 aromatic heterocycles. The Morgan fingerprint density at radius 3 is 2.53 bits per heavy atom. The second-order valence-electron chi connectivity index (χ2n) is 5.79. The number of aryl methyl sites for hydroxylation is 2. The van der Waals surface area contributed by atoms with Crippen LogP contribution in [0.1, 0.15) is 31.7 Å². The molecule has 5 heteroatoms. The van der Waals surface area contributed by atoms with Crippen molar-refractivity contribution in [1.82, 2.24) is 9.55 Å². The lowest BCUT2D eigenvalue weighted by atomic mass is 9.93. The number of fused-ring (bicyclic) bond motifs is 1. The summed E-state index contributed by atoms with van der Waals surface area (Å²) in [5.41, 5.74) is 6.19. The Bertz CT molecular complexity index is 609. The van der Waals surface area contributed by atoms with Crippen molar-refractivity contribution in [3.8, 4) is 0 Å². The molecule has 19 heavy (non-hydrogen) atoms. The van der Waals surface area contributed by atoms with Gasteiger partial charge in [0, 0.05) is 24.6 Å². The summed E-state index contributed by atoms with van der Waals surface area (Å²) in [7, 11) is 1.87. The van der Waals surface area contributed by atoms with Crippen molar-refractivity contribution in [2.45, 2.75) is 38.7 Å². The summed E-state index contributed by atoms with van der Waals surface area (Å²) in [6.07, 6.45) is -0.392. The molecule has 0 saturated carbocycles. The lowest BCUT2D eigenvalue weighted by Gasteiger charge is -2.25. The molecule has 3 nitrogen and oxygen atoms in total. The summed E-state index contributed by atoms with van der Waals surface area (Å²) in [6, 6.07) is 4.59. The molecule has 1 heterocycles. The summed E-state index contributed by atoms with van der Waals surface area (Å²) in [5.74, 6) is -2.15. The molecule has 0 radical (unpaired) electrons. The quantitative estimate of drug-likeness (QED) is 0.928. The van der Waals surface area contributed by atoms with Gasteiger partial charge in [-0.05, 0) is 32.9 Å². The van der Waals surface area contributed by atoms with Gasteiger partial charge in [-0.2, -0.15) is 0 Å². The molecule has 0 spiro atoms. The van der Waals surface area contributed by atoms with Crippen molar-refractivity contribution in [3.05, 3.63) is 29.6 Å². The maximum atomic E-state index is 14.2. The standard InChI is InChI=1S/C14H19F2N3/c1-9-18-11-7-10(5-6-12(11)19(9)4)14(15,16)8-13(2,3)17/h5-7H,8,17H2,1-4H3. The van der Waals surface area contributed by atoms with Gasteiger partial charge in [0.15, 0.2) is 0 Å². The first-order valence-corrected chi connectivity index (χ1v) is 6.20. The second kappa shape index (κ2) is 4.27. The Kier molecular flexibility index (Phi) is 3.13. The number of aromatic nitrogens is 2. The fraction of sp³-hybridized carbons (Fsp3) is 0.500. The number of nitrogens with two attached hydrogens (primary N) is 1. The molecule has 0 unspecified atom stereocenters. The van der Waals surface area contributed by atoms with Crippen LogP contribution in [0.5, 0.6) is 0 Å². The van der Waals surface area contributed by atoms with Crippen LogP contribution in [0.4, 0.5) is 8.78 Å². The Morgan fingerprint density at radius 2 is 1.95 bits per heavy atom. The molecular formula is C14H19F2N3. The Balaban J connectivity index is 2.46. The van der Waals surface area contributed by atoms with E-state index in [1.54, 1.807) is 19.9 Å². The fourth-order valence-electron chi connectivity index (χ4n) is 2.22. The van der Waals surface area contributed by atoms with Crippen molar-refractivity contribution < 1.29 is 8.78 Å². The zero-order valence-corrected chi connectivity index (χ0v) is 11.7. The van der Waals surface area contributed by atoms with Crippen LogP contribution in [0, 0.1) is 6.92 Å². The lowest BCUT2D eigenvalue weighted by Crippen LogP contribution is -2.38. The van der Waals surface area contributed by atoms with E-state index in [9.17, 15) is 8.78 Å². The van der Waals surface area contributed by atoms with Crippen LogP contribution in [0.25, 0.3) is 11.0 Å². The van der Waals surface area contributed by atoms with Gasteiger partial charge in [-0.3, -0.25) is 0 Å². The van der Waals surface area contributed by atoms with Crippen molar-refractivity contribution >= 4 is 11.0 Å². The smallest absolute Gasteiger partial charge is 0.275 e. The SMILES string of the molecule is Cc1nc2cc(C(F)(F)CC(C)(C)N)ccc2n1C. The topological polar surface area (TPSA) is 43.8 Å². The molecule has 0 aliphatic rings. The van der Waals surface area contributed by atoms with Crippen molar-refractivity contribution in [2.75, 3.05) is 0 Å². The van der Waals surface area contributed by atoms with Crippen LogP contribution < -0.4 is 5.73 Å². The number of halogens is 2. The van der Waals surface area contributed by atoms with Crippen LogP contribution in [-0.4, -0.2) is 15.1 Å². The third-order valence-corrected chi connectivity index (χ3v) is 3.20. The van der Waals surface area contributed by atoms with Crippen LogP contribution in [0.2, 0.25) is 0 Å². The number of benzene rings is 1. The van der Waals surface area contributed by atoms with Gasteiger partial charge in [-0.25, -0.2) is 13.8 Å². The molecule has 0 bridgehead atoms. The highest BCUT2D eigenvalue weighted by Gasteiger charge is 2.37. The largest absolute Gasteiger partial charge is 0.331 e. The molecule has 2 rings (SSSR count). The number of alkyl halides is 2. The van der Waals surface area contributed by atoms with E-state index in [0.29, 0.717) is 5.52 Å². The molecule has 104 valence electrons. The number of hydrogen-bond donors (Lipinski definition) is 1. The number of imidazole rings is 1. The predicted molar refractivity (Wildman–Crippen MR) is 72.2 cm³/mol. The first kappa shape index (κ1) is 13.9. The van der Waals surface area contributed by atoms with E-state index in [1.807, 2.05) is 18.5 Å². The molecule has 2 aromatic rings. The maximum absolute atomic E-state index is 14.2. The Morgan fingerprint density at radius 1 is 1.32 bits per heavy atom. The third-order valence-electron chi connectivity index (χ3n) is 3.20. The monoisotopic (exact) mass is 267 g/mol. The molecule has 0 aliphatic heterocycles. The number of hydrogen-bond acceptors (Lipinski definition) is 2. The van der Waals surface area contributed by atoms with Gasteiger partial charge in [0.25, 0.3) is 5.92 Å². The molecule has 0 amide bonds. The number of nitrogens with zero attached hydrogens (tertiary/aromatic N) is 2. The van der Waals surface area contributed by atoms with Crippen molar-refractivity contribution in [3.63, 3.8) is 0 Å². The highest BCUT2D eigenvalue weighted by atomic mass is 19.3. The van der Waals surface area contributed by atoms with E-state index in [2.05, 4.69) is 4.98 Å². The third kappa shape index (κ3) is 2.76. The normalized spacial score (nSPS) is 13.2. The molecule has 0 saturated heterocycles. The first-order chi connectivity index (χ1) is 8.60. The highest BCUT2D eigenvalue weighted by Crippen LogP contribution is 2.36. The molecule has 0 aliphatic carbocycles. The van der Waals surface area contributed by atoms with Crippen LogP contribution >= 0.6 is 0 Å². The minimum atomic E-state index is -2.95. The van der Waals surface area contributed by atoms with Gasteiger partial charge in [0.1, 0.15) is 5.82 Å². The maximum Gasteiger partial charge on any atom is 0.275 e. The Labute approximate surface area is 111 Å². The van der Waals surface area contributed by atoms with E-state index in [-0.39, 0.29) is 5.56 Å². The van der Waals surface area contributed by atoms with Gasteiger partial charge >= 0.3 is 0 Å².